The van der Waals surface area contributed by atoms with Crippen LogP contribution < -0.4 is 15.1 Å². The number of likely N-dealkylation sites (N-methyl/N-ethyl adjacent to an activating group) is 1. The first-order valence-electron chi connectivity index (χ1n) is 11.3. The molecule has 2 N–H and O–H groups in total. The van der Waals surface area contributed by atoms with Gasteiger partial charge in [-0.05, 0) is 44.3 Å². The molecule has 2 heterocycles. The number of nitrogens with zero attached hydrogens (tertiary/aromatic N) is 4. The summed E-state index contributed by atoms with van der Waals surface area (Å²) in [5.41, 5.74) is 0.949. The van der Waals surface area contributed by atoms with Crippen LogP contribution >= 0.6 is 23.2 Å². The minimum absolute atomic E-state index is 0.0180. The molecule has 7 nitrogen and oxygen atoms in total. The third kappa shape index (κ3) is 5.10. The van der Waals surface area contributed by atoms with Gasteiger partial charge < -0.3 is 15.3 Å². The Morgan fingerprint density at radius 1 is 1.06 bits per heavy atom. The Labute approximate surface area is 217 Å². The smallest absolute Gasteiger partial charge is 0.334 e. The van der Waals surface area contributed by atoms with Crippen LogP contribution in [0.3, 0.4) is 0 Å². The third-order valence-corrected chi connectivity index (χ3v) is 6.30. The van der Waals surface area contributed by atoms with E-state index in [1.165, 1.54) is 17.2 Å². The Bertz CT molecular complexity index is 1270. The predicted molar refractivity (Wildman–Crippen MR) is 140 cm³/mol. The monoisotopic (exact) mass is 535 g/mol. The van der Waals surface area contributed by atoms with Crippen LogP contribution in [0.4, 0.5) is 36.5 Å². The van der Waals surface area contributed by atoms with Crippen molar-refractivity contribution in [3.63, 3.8) is 0 Å². The number of aliphatic hydroxyl groups excluding tert-OH is 1. The summed E-state index contributed by atoms with van der Waals surface area (Å²) in [6.07, 6.45) is 1.42. The highest BCUT2D eigenvalue weighted by molar-refractivity contribution is 6.32. The summed E-state index contributed by atoms with van der Waals surface area (Å²) in [5, 5.41) is 12.6. The molecule has 36 heavy (non-hydrogen) atoms. The number of benzene rings is 2. The van der Waals surface area contributed by atoms with Crippen molar-refractivity contribution < 1.29 is 18.7 Å². The molecule has 0 bridgehead atoms. The standard InChI is InChI=1S/C25H25Cl2F2N5O2/c1-3-33-24-19(10-16(27)14-31-24)18-5-4-15(26)11-22(18)34(25(33)36)23-20(28)12-17(13-21(23)29)30-6-7-32(2)8-9-35/h4-5,10-14,30,35H,3,6-9H2,1-2H3. The van der Waals surface area contributed by atoms with Crippen molar-refractivity contribution in [1.82, 2.24) is 9.88 Å². The van der Waals surface area contributed by atoms with Gasteiger partial charge in [-0.25, -0.2) is 18.6 Å². The number of carbonyl (C=O) groups excluding carboxylic acids is 1. The SMILES string of the molecule is CCN1C(=O)N(c2c(F)cc(NCCN(C)CCO)cc2F)c2cc(Cl)ccc2-c2cc(Cl)cnc21. The molecule has 3 aromatic rings. The Balaban J connectivity index is 1.80. The molecule has 0 radical (unpaired) electrons. The molecular formula is C25H25Cl2F2N5O2. The Morgan fingerprint density at radius 2 is 1.78 bits per heavy atom. The molecule has 0 saturated heterocycles. The van der Waals surface area contributed by atoms with E-state index in [2.05, 4.69) is 10.3 Å². The molecule has 0 spiro atoms. The molecule has 11 heteroatoms. The van der Waals surface area contributed by atoms with Crippen molar-refractivity contribution in [3.8, 4) is 11.1 Å². The predicted octanol–water partition coefficient (Wildman–Crippen LogP) is 5.77. The topological polar surface area (TPSA) is 71.9 Å². The lowest BCUT2D eigenvalue weighted by Crippen LogP contribution is -2.41. The van der Waals surface area contributed by atoms with E-state index in [9.17, 15) is 4.79 Å². The summed E-state index contributed by atoms with van der Waals surface area (Å²) < 4.78 is 31.0. The number of amides is 2. The zero-order valence-electron chi connectivity index (χ0n) is 19.7. The minimum Gasteiger partial charge on any atom is -0.395 e. The molecule has 2 amide bonds. The lowest BCUT2D eigenvalue weighted by Gasteiger charge is -2.28. The summed E-state index contributed by atoms with van der Waals surface area (Å²) in [6.45, 7) is 3.40. The van der Waals surface area contributed by atoms with Crippen LogP contribution in [0.15, 0.2) is 42.6 Å². The van der Waals surface area contributed by atoms with Gasteiger partial charge >= 0.3 is 6.03 Å². The summed E-state index contributed by atoms with van der Waals surface area (Å²) in [6, 6.07) is 8.05. The van der Waals surface area contributed by atoms with Crippen LogP contribution in [0, 0.1) is 11.6 Å². The van der Waals surface area contributed by atoms with Gasteiger partial charge in [0.2, 0.25) is 0 Å². The molecule has 2 aromatic carbocycles. The van der Waals surface area contributed by atoms with E-state index in [0.717, 1.165) is 17.0 Å². The number of hydrogen-bond donors (Lipinski definition) is 2. The van der Waals surface area contributed by atoms with Crippen LogP contribution in [-0.4, -0.2) is 60.9 Å². The van der Waals surface area contributed by atoms with E-state index in [1.54, 1.807) is 25.1 Å². The quantitative estimate of drug-likeness (QED) is 0.383. The Hall–Kier alpha value is -2.98. The van der Waals surface area contributed by atoms with Gasteiger partial charge in [0.25, 0.3) is 0 Å². The van der Waals surface area contributed by atoms with Crippen molar-refractivity contribution in [2.45, 2.75) is 6.92 Å². The maximum atomic E-state index is 15.5. The fourth-order valence-corrected chi connectivity index (χ4v) is 4.46. The largest absolute Gasteiger partial charge is 0.395 e. The highest BCUT2D eigenvalue weighted by atomic mass is 35.5. The number of carbonyl (C=O) groups is 1. The minimum atomic E-state index is -0.923. The Kier molecular flexibility index (Phi) is 7.94. The average Bonchev–Trinajstić information content (AvgIpc) is 2.91. The number of hydrogen-bond acceptors (Lipinski definition) is 5. The first kappa shape index (κ1) is 26.1. The number of rotatable bonds is 8. The number of fused-ring (bicyclic) bond motifs is 3. The molecule has 1 aromatic heterocycles. The van der Waals surface area contributed by atoms with E-state index in [4.69, 9.17) is 28.3 Å². The summed E-state index contributed by atoms with van der Waals surface area (Å²) in [4.78, 5) is 22.3. The number of urea groups is 1. The molecule has 0 atom stereocenters. The first-order valence-corrected chi connectivity index (χ1v) is 12.1. The highest BCUT2D eigenvalue weighted by Gasteiger charge is 2.36. The first-order chi connectivity index (χ1) is 17.2. The van der Waals surface area contributed by atoms with Crippen molar-refractivity contribution in [3.05, 3.63) is 64.3 Å². The number of aliphatic hydroxyl groups is 1. The van der Waals surface area contributed by atoms with Crippen LogP contribution in [-0.2, 0) is 0 Å². The number of aromatic nitrogens is 1. The highest BCUT2D eigenvalue weighted by Crippen LogP contribution is 2.46. The average molecular weight is 536 g/mol. The second-order valence-corrected chi connectivity index (χ2v) is 9.16. The fraction of sp³-hybridized carbons (Fsp3) is 0.280. The molecule has 0 saturated carbocycles. The van der Waals surface area contributed by atoms with Gasteiger partial charge in [-0.1, -0.05) is 29.3 Å². The third-order valence-electron chi connectivity index (χ3n) is 5.86. The lowest BCUT2D eigenvalue weighted by atomic mass is 10.0. The van der Waals surface area contributed by atoms with E-state index < -0.39 is 23.4 Å². The molecule has 4 rings (SSSR count). The fourth-order valence-electron chi connectivity index (χ4n) is 4.13. The maximum Gasteiger partial charge on any atom is 0.334 e. The van der Waals surface area contributed by atoms with Crippen LogP contribution in [0.1, 0.15) is 6.92 Å². The van der Waals surface area contributed by atoms with Crippen molar-refractivity contribution in [2.24, 2.45) is 0 Å². The van der Waals surface area contributed by atoms with Crippen LogP contribution in [0.2, 0.25) is 10.0 Å². The van der Waals surface area contributed by atoms with E-state index >= 15 is 8.78 Å². The van der Waals surface area contributed by atoms with E-state index in [1.807, 2.05) is 11.9 Å². The zero-order chi connectivity index (χ0) is 26.0. The van der Waals surface area contributed by atoms with Crippen molar-refractivity contribution in [1.29, 1.82) is 0 Å². The molecular weight excluding hydrogens is 511 g/mol. The summed E-state index contributed by atoms with van der Waals surface area (Å²) in [7, 11) is 1.83. The Morgan fingerprint density at radius 3 is 2.44 bits per heavy atom. The zero-order valence-corrected chi connectivity index (χ0v) is 21.2. The van der Waals surface area contributed by atoms with Crippen molar-refractivity contribution >= 4 is 52.1 Å². The molecule has 0 unspecified atom stereocenters. The van der Waals surface area contributed by atoms with E-state index in [0.29, 0.717) is 46.6 Å². The molecule has 1 aliphatic heterocycles. The normalized spacial score (nSPS) is 13.1. The van der Waals surface area contributed by atoms with Gasteiger partial charge in [0.1, 0.15) is 11.5 Å². The van der Waals surface area contributed by atoms with Crippen LogP contribution in [0.5, 0.6) is 0 Å². The molecule has 0 aliphatic carbocycles. The van der Waals surface area contributed by atoms with Gasteiger partial charge in [0.05, 0.1) is 17.3 Å². The summed E-state index contributed by atoms with van der Waals surface area (Å²) >= 11 is 12.5. The lowest BCUT2D eigenvalue weighted by molar-refractivity contribution is 0.225. The molecule has 0 fully saturated rings. The van der Waals surface area contributed by atoms with Gasteiger partial charge in [-0.15, -0.1) is 0 Å². The van der Waals surface area contributed by atoms with E-state index in [-0.39, 0.29) is 24.5 Å². The number of nitrogens with one attached hydrogen (secondary N) is 1. The van der Waals surface area contributed by atoms with Crippen LogP contribution in [0.25, 0.3) is 11.1 Å². The van der Waals surface area contributed by atoms with Crippen molar-refractivity contribution in [2.75, 3.05) is 55.0 Å². The molecule has 1 aliphatic rings. The second-order valence-electron chi connectivity index (χ2n) is 8.29. The number of halogens is 4. The van der Waals surface area contributed by atoms with Gasteiger partial charge in [-0.2, -0.15) is 0 Å². The van der Waals surface area contributed by atoms with Gasteiger partial charge in [-0.3, -0.25) is 9.80 Å². The van der Waals surface area contributed by atoms with Gasteiger partial charge in [0, 0.05) is 54.2 Å². The maximum absolute atomic E-state index is 15.5. The summed E-state index contributed by atoms with van der Waals surface area (Å²) in [5.74, 6) is -1.52. The molecule has 190 valence electrons. The van der Waals surface area contributed by atoms with Gasteiger partial charge in [0.15, 0.2) is 11.6 Å². The number of pyridine rings is 1. The second kappa shape index (κ2) is 11.0. The number of anilines is 4.